The Kier molecular flexibility index (Phi) is 4.60. The lowest BCUT2D eigenvalue weighted by atomic mass is 10.1. The second-order valence-corrected chi connectivity index (χ2v) is 6.81. The van der Waals surface area contributed by atoms with E-state index in [1.165, 1.54) is 22.1 Å². The van der Waals surface area contributed by atoms with E-state index in [0.717, 1.165) is 37.3 Å². The molecule has 0 saturated carbocycles. The van der Waals surface area contributed by atoms with Crippen LogP contribution in [0.5, 0.6) is 0 Å². The van der Waals surface area contributed by atoms with E-state index in [4.69, 9.17) is 0 Å². The van der Waals surface area contributed by atoms with E-state index >= 15 is 0 Å². The van der Waals surface area contributed by atoms with Crippen LogP contribution in [-0.2, 0) is 13.6 Å². The van der Waals surface area contributed by atoms with E-state index in [1.54, 1.807) is 17.7 Å². The van der Waals surface area contributed by atoms with Crippen molar-refractivity contribution in [2.24, 2.45) is 7.05 Å². The van der Waals surface area contributed by atoms with Crippen LogP contribution in [0.2, 0.25) is 0 Å². The lowest BCUT2D eigenvalue weighted by Crippen LogP contribution is -2.43. The van der Waals surface area contributed by atoms with Crippen molar-refractivity contribution < 1.29 is 0 Å². The summed E-state index contributed by atoms with van der Waals surface area (Å²) < 4.78 is 2.93. The zero-order valence-electron chi connectivity index (χ0n) is 14.7. The molecule has 3 rings (SSSR count). The zero-order valence-corrected chi connectivity index (χ0v) is 14.7. The highest BCUT2D eigenvalue weighted by Gasteiger charge is 2.18. The van der Waals surface area contributed by atoms with Gasteiger partial charge < -0.3 is 4.90 Å². The third-order valence-electron chi connectivity index (χ3n) is 4.68. The molecule has 0 radical (unpaired) electrons. The third kappa shape index (κ3) is 3.30. The third-order valence-corrected chi connectivity index (χ3v) is 4.68. The molecule has 5 heteroatoms. The molecule has 24 heavy (non-hydrogen) atoms. The highest BCUT2D eigenvalue weighted by molar-refractivity contribution is 5.40. The van der Waals surface area contributed by atoms with Gasteiger partial charge in [-0.2, -0.15) is 0 Å². The molecule has 1 aromatic carbocycles. The monoisotopic (exact) mass is 327 g/mol. The molecule has 0 spiro atoms. The highest BCUT2D eigenvalue weighted by atomic mass is 16.2. The van der Waals surface area contributed by atoms with Gasteiger partial charge in [0.05, 0.1) is 6.54 Å². The van der Waals surface area contributed by atoms with Crippen molar-refractivity contribution in [3.05, 3.63) is 61.8 Å². The normalized spacial score (nSPS) is 14.9. The first-order valence-electron chi connectivity index (χ1n) is 8.59. The summed E-state index contributed by atoms with van der Waals surface area (Å²) in [6, 6.07) is 7.93. The minimum absolute atomic E-state index is 0.239. The molecule has 1 saturated heterocycles. The molecule has 2 heterocycles. The number of aryl methyl sites for hydroxylation is 2. The molecule has 1 aliphatic rings. The topological polar surface area (TPSA) is 47.2 Å². The Bertz CT molecular complexity index is 838. The van der Waals surface area contributed by atoms with Gasteiger partial charge in [0.15, 0.2) is 0 Å². The molecule has 1 aromatic heterocycles. The Morgan fingerprint density at radius 1 is 0.917 bits per heavy atom. The Hall–Kier alpha value is -2.30. The second kappa shape index (κ2) is 6.67. The molecule has 128 valence electrons. The predicted molar refractivity (Wildman–Crippen MR) is 97.0 cm³/mol. The number of aromatic nitrogens is 2. The molecule has 0 unspecified atom stereocenters. The lowest BCUT2D eigenvalue weighted by molar-refractivity contribution is 0.548. The minimum atomic E-state index is -0.248. The van der Waals surface area contributed by atoms with Gasteiger partial charge >= 0.3 is 5.69 Å². The fourth-order valence-corrected chi connectivity index (χ4v) is 3.53. The van der Waals surface area contributed by atoms with Gasteiger partial charge in [-0.05, 0) is 38.7 Å². The van der Waals surface area contributed by atoms with E-state index in [1.807, 2.05) is 0 Å². The predicted octanol–water partition coefficient (Wildman–Crippen LogP) is 2.20. The van der Waals surface area contributed by atoms with Gasteiger partial charge in [-0.3, -0.25) is 13.9 Å². The van der Waals surface area contributed by atoms with Gasteiger partial charge in [-0.1, -0.05) is 29.3 Å². The van der Waals surface area contributed by atoms with Crippen molar-refractivity contribution >= 4 is 5.82 Å². The van der Waals surface area contributed by atoms with Crippen LogP contribution < -0.4 is 16.1 Å². The fraction of sp³-hybridized carbons (Fsp3) is 0.474. The van der Waals surface area contributed by atoms with Gasteiger partial charge in [0.1, 0.15) is 5.82 Å². The van der Waals surface area contributed by atoms with Gasteiger partial charge in [-0.15, -0.1) is 0 Å². The summed E-state index contributed by atoms with van der Waals surface area (Å²) in [5.41, 5.74) is 2.97. The quantitative estimate of drug-likeness (QED) is 0.868. The number of piperidine rings is 1. The Balaban J connectivity index is 2.09. The largest absolute Gasteiger partial charge is 0.358 e. The second-order valence-electron chi connectivity index (χ2n) is 6.81. The SMILES string of the molecule is Cc1cc(C)cc(Cn2c(N3CCCCC3)cc(=O)n(C)c2=O)c1. The van der Waals surface area contributed by atoms with Crippen LogP contribution in [-0.4, -0.2) is 22.2 Å². The van der Waals surface area contributed by atoms with E-state index in [-0.39, 0.29) is 11.2 Å². The molecule has 2 aromatic rings. The summed E-state index contributed by atoms with van der Waals surface area (Å²) in [4.78, 5) is 27.0. The van der Waals surface area contributed by atoms with E-state index < -0.39 is 0 Å². The summed E-state index contributed by atoms with van der Waals surface area (Å²) in [5, 5.41) is 0. The standard InChI is InChI=1S/C19H25N3O2/c1-14-9-15(2)11-16(10-14)13-22-17(21-7-5-4-6-8-21)12-18(23)20(3)19(22)24/h9-12H,4-8,13H2,1-3H3. The lowest BCUT2D eigenvalue weighted by Gasteiger charge is -2.31. The average Bonchev–Trinajstić information content (AvgIpc) is 2.55. The summed E-state index contributed by atoms with van der Waals surface area (Å²) >= 11 is 0. The van der Waals surface area contributed by atoms with E-state index in [0.29, 0.717) is 6.54 Å². The first kappa shape index (κ1) is 16.6. The van der Waals surface area contributed by atoms with Crippen LogP contribution in [0.25, 0.3) is 0 Å². The molecule has 0 amide bonds. The zero-order chi connectivity index (χ0) is 17.3. The molecule has 1 aliphatic heterocycles. The van der Waals surface area contributed by atoms with Crippen molar-refractivity contribution in [3.63, 3.8) is 0 Å². The Morgan fingerprint density at radius 3 is 2.17 bits per heavy atom. The van der Waals surface area contributed by atoms with E-state index in [2.05, 4.69) is 36.9 Å². The summed E-state index contributed by atoms with van der Waals surface area (Å²) in [7, 11) is 1.54. The molecule has 0 N–H and O–H groups in total. The summed E-state index contributed by atoms with van der Waals surface area (Å²) in [6.45, 7) is 6.41. The number of rotatable bonds is 3. The van der Waals surface area contributed by atoms with Crippen LogP contribution in [0.3, 0.4) is 0 Å². The Morgan fingerprint density at radius 2 is 1.54 bits per heavy atom. The van der Waals surface area contributed by atoms with Crippen molar-refractivity contribution in [2.75, 3.05) is 18.0 Å². The van der Waals surface area contributed by atoms with Crippen LogP contribution in [0.1, 0.15) is 36.0 Å². The summed E-state index contributed by atoms with van der Waals surface area (Å²) in [6.07, 6.45) is 3.42. The first-order chi connectivity index (χ1) is 11.5. The van der Waals surface area contributed by atoms with Crippen molar-refractivity contribution in [2.45, 2.75) is 39.7 Å². The number of hydrogen-bond acceptors (Lipinski definition) is 3. The first-order valence-corrected chi connectivity index (χ1v) is 8.59. The van der Waals surface area contributed by atoms with Gasteiger partial charge in [-0.25, -0.2) is 4.79 Å². The number of nitrogens with zero attached hydrogens (tertiary/aromatic N) is 3. The molecule has 0 atom stereocenters. The van der Waals surface area contributed by atoms with Gasteiger partial charge in [0.2, 0.25) is 0 Å². The molecule has 1 fully saturated rings. The number of benzene rings is 1. The van der Waals surface area contributed by atoms with Crippen molar-refractivity contribution in [1.82, 2.24) is 9.13 Å². The van der Waals surface area contributed by atoms with Crippen LogP contribution in [0, 0.1) is 13.8 Å². The maximum Gasteiger partial charge on any atom is 0.332 e. The van der Waals surface area contributed by atoms with E-state index in [9.17, 15) is 9.59 Å². The van der Waals surface area contributed by atoms with Crippen molar-refractivity contribution in [3.8, 4) is 0 Å². The molecular formula is C19H25N3O2. The average molecular weight is 327 g/mol. The maximum atomic E-state index is 12.7. The molecule has 0 aliphatic carbocycles. The fourth-order valence-electron chi connectivity index (χ4n) is 3.53. The Labute approximate surface area is 142 Å². The van der Waals surface area contributed by atoms with Gasteiger partial charge in [0.25, 0.3) is 5.56 Å². The van der Waals surface area contributed by atoms with Gasteiger partial charge in [0, 0.05) is 26.2 Å². The highest BCUT2D eigenvalue weighted by Crippen LogP contribution is 2.19. The molecular weight excluding hydrogens is 302 g/mol. The maximum absolute atomic E-state index is 12.7. The number of anilines is 1. The van der Waals surface area contributed by atoms with Crippen LogP contribution >= 0.6 is 0 Å². The van der Waals surface area contributed by atoms with Crippen LogP contribution in [0.15, 0.2) is 33.9 Å². The summed E-state index contributed by atoms with van der Waals surface area (Å²) in [5.74, 6) is 0.752. The smallest absolute Gasteiger partial charge is 0.332 e. The minimum Gasteiger partial charge on any atom is -0.358 e. The van der Waals surface area contributed by atoms with Crippen LogP contribution in [0.4, 0.5) is 5.82 Å². The van der Waals surface area contributed by atoms with Crippen molar-refractivity contribution in [1.29, 1.82) is 0 Å². The molecule has 5 nitrogen and oxygen atoms in total. The number of hydrogen-bond donors (Lipinski definition) is 0. The molecule has 0 bridgehead atoms.